The maximum Gasteiger partial charge on any atom is 0.0497 e. The van der Waals surface area contributed by atoms with Crippen molar-refractivity contribution in [2.24, 2.45) is 0 Å². The van der Waals surface area contributed by atoms with Crippen LogP contribution in [0.2, 0.25) is 0 Å². The molecule has 3 aromatic carbocycles. The molecule has 2 heteroatoms. The van der Waals surface area contributed by atoms with Crippen LogP contribution in [0.5, 0.6) is 0 Å². The van der Waals surface area contributed by atoms with Crippen LogP contribution in [0.4, 0.5) is 17.1 Å². The summed E-state index contributed by atoms with van der Waals surface area (Å²) >= 11 is 3.58. The summed E-state index contributed by atoms with van der Waals surface area (Å²) in [7, 11) is 0. The van der Waals surface area contributed by atoms with Gasteiger partial charge < -0.3 is 4.90 Å². The average molecular weight is 336 g/mol. The summed E-state index contributed by atoms with van der Waals surface area (Å²) in [5.74, 6) is 0. The SMILES string of the molecule is Brc1cccc(N2c3ccccc3Cc3ccccc32)c1. The lowest BCUT2D eigenvalue weighted by atomic mass is 9.95. The van der Waals surface area contributed by atoms with Crippen LogP contribution in [0.15, 0.2) is 77.3 Å². The molecule has 0 bridgehead atoms. The van der Waals surface area contributed by atoms with Crippen LogP contribution in [0.25, 0.3) is 0 Å². The Morgan fingerprint density at radius 1 is 0.714 bits per heavy atom. The first-order chi connectivity index (χ1) is 10.3. The number of benzene rings is 3. The fourth-order valence-corrected chi connectivity index (χ4v) is 3.37. The van der Waals surface area contributed by atoms with Gasteiger partial charge in [-0.1, -0.05) is 58.4 Å². The van der Waals surface area contributed by atoms with Gasteiger partial charge in [0.2, 0.25) is 0 Å². The molecule has 3 aromatic rings. The molecule has 21 heavy (non-hydrogen) atoms. The van der Waals surface area contributed by atoms with Crippen LogP contribution in [0, 0.1) is 0 Å². The van der Waals surface area contributed by atoms with Gasteiger partial charge in [-0.05, 0) is 41.5 Å². The predicted molar refractivity (Wildman–Crippen MR) is 91.6 cm³/mol. The summed E-state index contributed by atoms with van der Waals surface area (Å²) in [6.45, 7) is 0. The third kappa shape index (κ3) is 2.16. The quantitative estimate of drug-likeness (QED) is 0.423. The number of hydrogen-bond donors (Lipinski definition) is 0. The standard InChI is InChI=1S/C19H14BrN/c20-16-8-5-9-17(13-16)21-18-10-3-1-6-14(18)12-15-7-2-4-11-19(15)21/h1-11,13H,12H2. The molecule has 1 nitrogen and oxygen atoms in total. The molecule has 0 amide bonds. The molecule has 0 unspecified atom stereocenters. The van der Waals surface area contributed by atoms with E-state index in [1.807, 2.05) is 0 Å². The zero-order valence-electron chi connectivity index (χ0n) is 11.5. The Labute approximate surface area is 133 Å². The molecule has 0 atom stereocenters. The molecule has 1 aliphatic heterocycles. The maximum absolute atomic E-state index is 3.58. The zero-order chi connectivity index (χ0) is 14.2. The van der Waals surface area contributed by atoms with E-state index in [0.717, 1.165) is 10.9 Å². The second-order valence-corrected chi connectivity index (χ2v) is 6.17. The van der Waals surface area contributed by atoms with Crippen molar-refractivity contribution in [2.75, 3.05) is 4.90 Å². The number of nitrogens with zero attached hydrogens (tertiary/aromatic N) is 1. The van der Waals surface area contributed by atoms with Crippen LogP contribution in [0.3, 0.4) is 0 Å². The molecule has 0 aromatic heterocycles. The molecule has 0 fully saturated rings. The zero-order valence-corrected chi connectivity index (χ0v) is 13.0. The van der Waals surface area contributed by atoms with Gasteiger partial charge in [0.25, 0.3) is 0 Å². The Morgan fingerprint density at radius 3 is 1.95 bits per heavy atom. The van der Waals surface area contributed by atoms with Crippen molar-refractivity contribution in [3.05, 3.63) is 88.4 Å². The lowest BCUT2D eigenvalue weighted by Crippen LogP contribution is -2.18. The fourth-order valence-electron chi connectivity index (χ4n) is 2.99. The van der Waals surface area contributed by atoms with E-state index in [0.29, 0.717) is 0 Å². The molecule has 0 saturated heterocycles. The third-order valence-electron chi connectivity index (χ3n) is 3.91. The summed E-state index contributed by atoms with van der Waals surface area (Å²) in [4.78, 5) is 2.35. The first-order valence-corrected chi connectivity index (χ1v) is 7.84. The largest absolute Gasteiger partial charge is 0.310 e. The molecule has 0 saturated carbocycles. The Kier molecular flexibility index (Phi) is 3.04. The third-order valence-corrected chi connectivity index (χ3v) is 4.41. The molecule has 0 aliphatic carbocycles. The molecule has 0 radical (unpaired) electrons. The molecule has 1 aliphatic rings. The second-order valence-electron chi connectivity index (χ2n) is 5.25. The highest BCUT2D eigenvalue weighted by atomic mass is 79.9. The van der Waals surface area contributed by atoms with E-state index in [-0.39, 0.29) is 0 Å². The normalized spacial score (nSPS) is 12.7. The minimum Gasteiger partial charge on any atom is -0.310 e. The maximum atomic E-state index is 3.58. The van der Waals surface area contributed by atoms with Gasteiger partial charge in [-0.25, -0.2) is 0 Å². The summed E-state index contributed by atoms with van der Waals surface area (Å²) in [5.41, 5.74) is 6.47. The number of hydrogen-bond acceptors (Lipinski definition) is 1. The van der Waals surface area contributed by atoms with Crippen molar-refractivity contribution >= 4 is 33.0 Å². The van der Waals surface area contributed by atoms with E-state index in [4.69, 9.17) is 0 Å². The summed E-state index contributed by atoms with van der Waals surface area (Å²) < 4.78 is 1.10. The predicted octanol–water partition coefficient (Wildman–Crippen LogP) is 5.82. The Bertz CT molecular complexity index is 764. The van der Waals surface area contributed by atoms with E-state index in [9.17, 15) is 0 Å². The van der Waals surface area contributed by atoms with E-state index in [1.54, 1.807) is 0 Å². The van der Waals surface area contributed by atoms with Crippen molar-refractivity contribution in [3.8, 4) is 0 Å². The summed E-state index contributed by atoms with van der Waals surface area (Å²) in [6.07, 6.45) is 0.997. The highest BCUT2D eigenvalue weighted by Gasteiger charge is 2.23. The van der Waals surface area contributed by atoms with Crippen molar-refractivity contribution in [2.45, 2.75) is 6.42 Å². The van der Waals surface area contributed by atoms with Gasteiger partial charge in [-0.15, -0.1) is 0 Å². The molecule has 102 valence electrons. The number of para-hydroxylation sites is 2. The minimum atomic E-state index is 0.997. The molecule has 0 N–H and O–H groups in total. The van der Waals surface area contributed by atoms with Crippen LogP contribution in [-0.2, 0) is 6.42 Å². The highest BCUT2D eigenvalue weighted by molar-refractivity contribution is 9.10. The van der Waals surface area contributed by atoms with Crippen molar-refractivity contribution < 1.29 is 0 Å². The lowest BCUT2D eigenvalue weighted by molar-refractivity contribution is 1.09. The summed E-state index contributed by atoms with van der Waals surface area (Å²) in [5, 5.41) is 0. The van der Waals surface area contributed by atoms with Crippen LogP contribution < -0.4 is 4.90 Å². The van der Waals surface area contributed by atoms with Gasteiger partial charge in [0.1, 0.15) is 0 Å². The molecular formula is C19H14BrN. The van der Waals surface area contributed by atoms with Gasteiger partial charge >= 0.3 is 0 Å². The van der Waals surface area contributed by atoms with Gasteiger partial charge in [-0.2, -0.15) is 0 Å². The smallest absolute Gasteiger partial charge is 0.0497 e. The Morgan fingerprint density at radius 2 is 1.33 bits per heavy atom. The van der Waals surface area contributed by atoms with Crippen LogP contribution in [-0.4, -0.2) is 0 Å². The Hall–Kier alpha value is -2.06. The van der Waals surface area contributed by atoms with Crippen LogP contribution in [0.1, 0.15) is 11.1 Å². The monoisotopic (exact) mass is 335 g/mol. The number of anilines is 3. The van der Waals surface area contributed by atoms with Crippen molar-refractivity contribution in [1.29, 1.82) is 0 Å². The number of fused-ring (bicyclic) bond motifs is 2. The Balaban J connectivity index is 1.97. The van der Waals surface area contributed by atoms with E-state index < -0.39 is 0 Å². The fraction of sp³-hybridized carbons (Fsp3) is 0.0526. The first kappa shape index (κ1) is 12.7. The first-order valence-electron chi connectivity index (χ1n) is 7.04. The molecule has 4 rings (SSSR count). The minimum absolute atomic E-state index is 0.997. The van der Waals surface area contributed by atoms with Crippen molar-refractivity contribution in [1.82, 2.24) is 0 Å². The average Bonchev–Trinajstić information content (AvgIpc) is 2.52. The second kappa shape index (κ2) is 5.05. The van der Waals surface area contributed by atoms with E-state index >= 15 is 0 Å². The summed E-state index contributed by atoms with van der Waals surface area (Å²) in [6, 6.07) is 25.8. The van der Waals surface area contributed by atoms with Gasteiger partial charge in [-0.3, -0.25) is 0 Å². The highest BCUT2D eigenvalue weighted by Crippen LogP contribution is 2.43. The number of halogens is 1. The topological polar surface area (TPSA) is 3.24 Å². The van der Waals surface area contributed by atoms with Gasteiger partial charge in [0.05, 0.1) is 0 Å². The molecular weight excluding hydrogens is 322 g/mol. The van der Waals surface area contributed by atoms with Gasteiger partial charge in [0, 0.05) is 28.0 Å². The van der Waals surface area contributed by atoms with E-state index in [2.05, 4.69) is 93.6 Å². The van der Waals surface area contributed by atoms with E-state index in [1.165, 1.54) is 28.2 Å². The molecule has 1 heterocycles. The van der Waals surface area contributed by atoms with Crippen molar-refractivity contribution in [3.63, 3.8) is 0 Å². The lowest BCUT2D eigenvalue weighted by Gasteiger charge is -2.33. The molecule has 0 spiro atoms. The van der Waals surface area contributed by atoms with Crippen LogP contribution >= 0.6 is 15.9 Å². The van der Waals surface area contributed by atoms with Gasteiger partial charge in [0.15, 0.2) is 0 Å². The number of rotatable bonds is 1.